The zero-order valence-corrected chi connectivity index (χ0v) is 17.6. The van der Waals surface area contributed by atoms with Gasteiger partial charge in [-0.15, -0.1) is 0 Å². The van der Waals surface area contributed by atoms with Crippen LogP contribution in [0.5, 0.6) is 0 Å². The number of carbonyl (C=O) groups excluding carboxylic acids is 1. The van der Waals surface area contributed by atoms with Crippen molar-refractivity contribution >= 4 is 15.6 Å². The van der Waals surface area contributed by atoms with Gasteiger partial charge in [0.2, 0.25) is 0 Å². The Bertz CT molecular complexity index is 852. The van der Waals surface area contributed by atoms with Crippen LogP contribution in [-0.2, 0) is 20.8 Å². The van der Waals surface area contributed by atoms with E-state index in [0.717, 1.165) is 38.1 Å². The molecule has 0 atom stereocenters. The van der Waals surface area contributed by atoms with Crippen LogP contribution in [0, 0.1) is 17.8 Å². The summed E-state index contributed by atoms with van der Waals surface area (Å²) < 4.78 is 64.0. The third-order valence-electron chi connectivity index (χ3n) is 6.67. The van der Waals surface area contributed by atoms with E-state index in [1.54, 1.807) is 13.8 Å². The first-order chi connectivity index (χ1) is 13.4. The molecule has 2 fully saturated rings. The van der Waals surface area contributed by atoms with Crippen LogP contribution < -0.4 is 5.32 Å². The van der Waals surface area contributed by atoms with Gasteiger partial charge in [-0.25, -0.2) is 8.42 Å². The second-order valence-corrected chi connectivity index (χ2v) is 11.4. The minimum atomic E-state index is -4.59. The van der Waals surface area contributed by atoms with E-state index in [-0.39, 0.29) is 28.4 Å². The first-order valence-corrected chi connectivity index (χ1v) is 11.6. The van der Waals surface area contributed by atoms with E-state index in [1.807, 2.05) is 0 Å². The third kappa shape index (κ3) is 4.53. The van der Waals surface area contributed by atoms with Crippen LogP contribution in [0.2, 0.25) is 0 Å². The second kappa shape index (κ2) is 8.02. The summed E-state index contributed by atoms with van der Waals surface area (Å²) in [5, 5.41) is 3.23. The van der Waals surface area contributed by atoms with Crippen LogP contribution in [0.4, 0.5) is 13.2 Å². The maximum atomic E-state index is 13.1. The average molecular weight is 432 g/mol. The predicted octanol–water partition coefficient (Wildman–Crippen LogP) is 4.24. The number of sulfone groups is 1. The highest BCUT2D eigenvalue weighted by molar-refractivity contribution is 7.92. The van der Waals surface area contributed by atoms with E-state index in [0.29, 0.717) is 25.3 Å². The maximum Gasteiger partial charge on any atom is 0.416 e. The van der Waals surface area contributed by atoms with Crippen molar-refractivity contribution in [2.75, 3.05) is 13.1 Å². The summed E-state index contributed by atoms with van der Waals surface area (Å²) in [6.45, 7) is 4.87. The van der Waals surface area contributed by atoms with Gasteiger partial charge in [0.1, 0.15) is 5.78 Å². The first-order valence-electron chi connectivity index (χ1n) is 10.1. The lowest BCUT2D eigenvalue weighted by molar-refractivity contribution is -0.137. The lowest BCUT2D eigenvalue weighted by Gasteiger charge is -2.45. The van der Waals surface area contributed by atoms with E-state index in [4.69, 9.17) is 0 Å². The number of halogens is 3. The van der Waals surface area contributed by atoms with Gasteiger partial charge < -0.3 is 5.32 Å². The summed E-state index contributed by atoms with van der Waals surface area (Å²) in [7, 11) is -3.95. The van der Waals surface area contributed by atoms with Gasteiger partial charge in [0.25, 0.3) is 0 Å². The lowest BCUT2D eigenvalue weighted by Crippen LogP contribution is -2.47. The molecular weight excluding hydrogens is 403 g/mol. The average Bonchev–Trinajstić information content (AvgIpc) is 2.64. The molecule has 4 nitrogen and oxygen atoms in total. The van der Waals surface area contributed by atoms with Gasteiger partial charge in [0, 0.05) is 12.3 Å². The molecule has 3 rings (SSSR count). The molecule has 0 amide bonds. The van der Waals surface area contributed by atoms with Crippen LogP contribution >= 0.6 is 0 Å². The van der Waals surface area contributed by atoms with Crippen molar-refractivity contribution in [3.8, 4) is 0 Å². The highest BCUT2D eigenvalue weighted by Gasteiger charge is 2.49. The summed E-state index contributed by atoms with van der Waals surface area (Å²) in [4.78, 5) is 12.2. The van der Waals surface area contributed by atoms with Gasteiger partial charge in [-0.3, -0.25) is 4.79 Å². The van der Waals surface area contributed by atoms with Crippen LogP contribution in [0.1, 0.15) is 51.5 Å². The van der Waals surface area contributed by atoms with Crippen molar-refractivity contribution in [1.29, 1.82) is 0 Å². The molecular formula is C21H28F3NO3S. The molecule has 1 heterocycles. The topological polar surface area (TPSA) is 63.2 Å². The molecule has 2 aliphatic rings. The summed E-state index contributed by atoms with van der Waals surface area (Å²) >= 11 is 0. The second-order valence-electron chi connectivity index (χ2n) is 8.86. The van der Waals surface area contributed by atoms with Gasteiger partial charge in [-0.2, -0.15) is 13.2 Å². The number of nitrogens with one attached hydrogen (secondary N) is 1. The molecule has 29 heavy (non-hydrogen) atoms. The van der Waals surface area contributed by atoms with Crippen molar-refractivity contribution in [1.82, 2.24) is 5.32 Å². The Morgan fingerprint density at radius 3 is 2.34 bits per heavy atom. The lowest BCUT2D eigenvalue weighted by atomic mass is 9.66. The Morgan fingerprint density at radius 1 is 1.14 bits per heavy atom. The molecule has 0 bridgehead atoms. The van der Waals surface area contributed by atoms with Crippen molar-refractivity contribution in [3.63, 3.8) is 0 Å². The number of alkyl halides is 3. The largest absolute Gasteiger partial charge is 0.416 e. The van der Waals surface area contributed by atoms with Gasteiger partial charge in [-0.05, 0) is 82.7 Å². The van der Waals surface area contributed by atoms with E-state index in [9.17, 15) is 26.4 Å². The molecule has 1 N–H and O–H groups in total. The van der Waals surface area contributed by atoms with Crippen LogP contribution in [0.15, 0.2) is 29.2 Å². The number of Topliss-reactive ketones (excluding diaryl/α,β-unsaturated/α-hetero) is 1. The van der Waals surface area contributed by atoms with E-state index in [2.05, 4.69) is 5.32 Å². The summed E-state index contributed by atoms with van der Waals surface area (Å²) in [5.41, 5.74) is -0.964. The standard InChI is InChI=1S/C21H28F3NO3S/c1-20(2,29(27,28)18-5-3-4-16(13-18)21(22,23)24)17-10-14(11-17)12-19(26)15-6-8-25-9-7-15/h3-5,13-15,17,25H,6-12H2,1-2H3. The van der Waals surface area contributed by atoms with Gasteiger partial charge in [0.05, 0.1) is 15.2 Å². The van der Waals surface area contributed by atoms with Crippen molar-refractivity contribution in [2.45, 2.75) is 61.8 Å². The van der Waals surface area contributed by atoms with E-state index < -0.39 is 26.3 Å². The molecule has 162 valence electrons. The minimum absolute atomic E-state index is 0.0946. The molecule has 1 saturated heterocycles. The smallest absolute Gasteiger partial charge is 0.317 e. The number of rotatable bonds is 6. The van der Waals surface area contributed by atoms with Crippen molar-refractivity contribution in [3.05, 3.63) is 29.8 Å². The quantitative estimate of drug-likeness (QED) is 0.732. The number of hydrogen-bond acceptors (Lipinski definition) is 4. The molecule has 1 aromatic carbocycles. The Morgan fingerprint density at radius 2 is 1.76 bits per heavy atom. The zero-order valence-electron chi connectivity index (χ0n) is 16.8. The third-order valence-corrected chi connectivity index (χ3v) is 9.26. The normalized spacial score (nSPS) is 24.2. The van der Waals surface area contributed by atoms with Gasteiger partial charge in [0.15, 0.2) is 9.84 Å². The number of benzene rings is 1. The fourth-order valence-corrected chi connectivity index (χ4v) is 6.21. The van der Waals surface area contributed by atoms with Crippen LogP contribution in [0.3, 0.4) is 0 Å². The Balaban J connectivity index is 1.66. The highest BCUT2D eigenvalue weighted by atomic mass is 32.2. The van der Waals surface area contributed by atoms with Gasteiger partial charge >= 0.3 is 6.18 Å². The molecule has 0 radical (unpaired) electrons. The van der Waals surface area contributed by atoms with Crippen LogP contribution in [-0.4, -0.2) is 32.0 Å². The Labute approximate surface area is 170 Å². The number of ketones is 1. The van der Waals surface area contributed by atoms with E-state index >= 15 is 0 Å². The van der Waals surface area contributed by atoms with Gasteiger partial charge in [-0.1, -0.05) is 6.07 Å². The highest BCUT2D eigenvalue weighted by Crippen LogP contribution is 2.48. The molecule has 0 unspecified atom stereocenters. The molecule has 0 spiro atoms. The summed E-state index contributed by atoms with van der Waals surface area (Å²) in [6.07, 6.45) is -1.19. The van der Waals surface area contributed by atoms with E-state index in [1.165, 1.54) is 6.07 Å². The van der Waals surface area contributed by atoms with Crippen molar-refractivity contribution < 1.29 is 26.4 Å². The van der Waals surface area contributed by atoms with Crippen LogP contribution in [0.25, 0.3) is 0 Å². The zero-order chi connectivity index (χ0) is 21.4. The predicted molar refractivity (Wildman–Crippen MR) is 104 cm³/mol. The number of piperidine rings is 1. The maximum absolute atomic E-state index is 13.1. The van der Waals surface area contributed by atoms with Crippen molar-refractivity contribution in [2.24, 2.45) is 17.8 Å². The fraction of sp³-hybridized carbons (Fsp3) is 0.667. The summed E-state index contributed by atoms with van der Waals surface area (Å²) in [6, 6.07) is 3.95. The minimum Gasteiger partial charge on any atom is -0.317 e. The Kier molecular flexibility index (Phi) is 6.16. The number of carbonyl (C=O) groups is 1. The molecule has 1 aromatic rings. The Hall–Kier alpha value is -1.41. The molecule has 1 saturated carbocycles. The monoisotopic (exact) mass is 431 g/mol. The molecule has 1 aliphatic heterocycles. The first kappa shape index (κ1) is 22.3. The SMILES string of the molecule is CC(C)(C1CC(CC(=O)C2CCNCC2)C1)S(=O)(=O)c1cccc(C(F)(F)F)c1. The molecule has 0 aromatic heterocycles. The number of hydrogen-bond donors (Lipinski definition) is 1. The summed E-state index contributed by atoms with van der Waals surface area (Å²) in [5.74, 6) is 0.344. The molecule has 1 aliphatic carbocycles. The fourth-order valence-electron chi connectivity index (χ4n) is 4.43. The molecule has 8 heteroatoms.